The molecule has 0 atom stereocenters. The third-order valence-electron chi connectivity index (χ3n) is 10.0. The second-order valence-electron chi connectivity index (χ2n) is 12.8. The number of benzene rings is 7. The fourth-order valence-electron chi connectivity index (χ4n) is 7.84. The van der Waals surface area contributed by atoms with Gasteiger partial charge < -0.3 is 8.98 Å². The molecule has 6 nitrogen and oxygen atoms in total. The molecule has 11 rings (SSSR count). The molecule has 238 valence electrons. The first-order chi connectivity index (χ1) is 25.3. The topological polar surface area (TPSA) is 61.7 Å². The Morgan fingerprint density at radius 3 is 1.43 bits per heavy atom. The highest BCUT2D eigenvalue weighted by molar-refractivity contribution is 6.13. The van der Waals surface area contributed by atoms with E-state index in [9.17, 15) is 0 Å². The number of nitrogens with zero attached hydrogens (tertiary/aromatic N) is 5. The number of fused-ring (bicyclic) bond motifs is 9. The van der Waals surface area contributed by atoms with Crippen molar-refractivity contribution in [2.75, 3.05) is 0 Å². The summed E-state index contributed by atoms with van der Waals surface area (Å²) in [4.78, 5) is 16.0. The maximum Gasteiger partial charge on any atom is 0.238 e. The highest BCUT2D eigenvalue weighted by Crippen LogP contribution is 2.39. The SMILES string of the molecule is c1ccc(-n2c3ccccc3c3ccccc32)c(-c2nc(-c3cccc4oc5ccccc5c34)nc(-n3c4ccccc4c4ccccc43)n2)c1. The first-order valence-electron chi connectivity index (χ1n) is 17.0. The van der Waals surface area contributed by atoms with Gasteiger partial charge in [0.25, 0.3) is 0 Å². The maximum absolute atomic E-state index is 6.32. The predicted octanol–water partition coefficient (Wildman–Crippen LogP) is 11.3. The highest BCUT2D eigenvalue weighted by atomic mass is 16.3. The molecule has 6 heteroatoms. The molecule has 0 fully saturated rings. The molecule has 0 aliphatic rings. The van der Waals surface area contributed by atoms with E-state index in [4.69, 9.17) is 19.4 Å². The summed E-state index contributed by atoms with van der Waals surface area (Å²) in [5.41, 5.74) is 8.71. The molecule has 11 aromatic rings. The van der Waals surface area contributed by atoms with Crippen molar-refractivity contribution >= 4 is 65.6 Å². The van der Waals surface area contributed by atoms with Crippen molar-refractivity contribution in [2.45, 2.75) is 0 Å². The van der Waals surface area contributed by atoms with E-state index in [2.05, 4.69) is 143 Å². The van der Waals surface area contributed by atoms with Crippen LogP contribution < -0.4 is 0 Å². The van der Waals surface area contributed by atoms with Crippen molar-refractivity contribution in [3.63, 3.8) is 0 Å². The highest BCUT2D eigenvalue weighted by Gasteiger charge is 2.22. The Morgan fingerprint density at radius 1 is 0.353 bits per heavy atom. The summed E-state index contributed by atoms with van der Waals surface area (Å²) in [5.74, 6) is 1.71. The molecule has 0 radical (unpaired) electrons. The Hall–Kier alpha value is -7.05. The first kappa shape index (κ1) is 27.9. The monoisotopic (exact) mass is 653 g/mol. The van der Waals surface area contributed by atoms with Crippen LogP contribution in [-0.2, 0) is 0 Å². The van der Waals surface area contributed by atoms with Crippen molar-refractivity contribution in [2.24, 2.45) is 0 Å². The van der Waals surface area contributed by atoms with Gasteiger partial charge in [-0.15, -0.1) is 0 Å². The average Bonchev–Trinajstić information content (AvgIpc) is 3.86. The van der Waals surface area contributed by atoms with Gasteiger partial charge in [-0.2, -0.15) is 9.97 Å². The zero-order valence-corrected chi connectivity index (χ0v) is 27.2. The first-order valence-corrected chi connectivity index (χ1v) is 17.0. The summed E-state index contributed by atoms with van der Waals surface area (Å²) in [6.45, 7) is 0. The van der Waals surface area contributed by atoms with Crippen LogP contribution in [0.5, 0.6) is 0 Å². The van der Waals surface area contributed by atoms with Gasteiger partial charge in [-0.3, -0.25) is 4.57 Å². The molecule has 4 heterocycles. The van der Waals surface area contributed by atoms with Gasteiger partial charge >= 0.3 is 0 Å². The van der Waals surface area contributed by atoms with Crippen LogP contribution in [0.3, 0.4) is 0 Å². The molecule has 0 amide bonds. The minimum Gasteiger partial charge on any atom is -0.456 e. The Morgan fingerprint density at radius 2 is 0.804 bits per heavy atom. The number of aromatic nitrogens is 5. The number of para-hydroxylation sites is 6. The standard InChI is InChI=1S/C45H27N5O/c1-7-21-35-28(14-1)29-15-2-8-22-36(29)49(35)39-25-11-5-18-32(39)43-46-44(34-20-13-27-41-42(34)33-19-6-12-26-40(33)51-41)48-45(47-43)50-37-23-9-3-16-30(37)31-17-4-10-24-38(31)50/h1-27H. The molecule has 0 aliphatic carbocycles. The van der Waals surface area contributed by atoms with Gasteiger partial charge in [0.15, 0.2) is 11.6 Å². The summed E-state index contributed by atoms with van der Waals surface area (Å²) in [5, 5.41) is 6.69. The number of rotatable bonds is 4. The molecule has 0 bridgehead atoms. The second-order valence-corrected chi connectivity index (χ2v) is 12.8. The van der Waals surface area contributed by atoms with Gasteiger partial charge in [0.2, 0.25) is 5.95 Å². The van der Waals surface area contributed by atoms with E-state index in [1.807, 2.05) is 30.3 Å². The minimum absolute atomic E-state index is 0.550. The zero-order chi connectivity index (χ0) is 33.5. The molecule has 4 aromatic heterocycles. The van der Waals surface area contributed by atoms with Crippen LogP contribution >= 0.6 is 0 Å². The molecule has 7 aromatic carbocycles. The number of hydrogen-bond acceptors (Lipinski definition) is 4. The molecular weight excluding hydrogens is 627 g/mol. The Balaban J connectivity index is 1.25. The van der Waals surface area contributed by atoms with Crippen LogP contribution in [0.25, 0.3) is 100.0 Å². The fourth-order valence-corrected chi connectivity index (χ4v) is 7.84. The van der Waals surface area contributed by atoms with Crippen molar-refractivity contribution in [3.8, 4) is 34.4 Å². The Bertz CT molecular complexity index is 3060. The smallest absolute Gasteiger partial charge is 0.238 e. The Kier molecular flexibility index (Phi) is 5.86. The lowest BCUT2D eigenvalue weighted by Crippen LogP contribution is -2.08. The van der Waals surface area contributed by atoms with E-state index in [0.717, 1.165) is 71.6 Å². The third kappa shape index (κ3) is 4.07. The molecule has 51 heavy (non-hydrogen) atoms. The molecule has 0 saturated heterocycles. The van der Waals surface area contributed by atoms with Gasteiger partial charge in [0.05, 0.1) is 27.8 Å². The quantitative estimate of drug-likeness (QED) is 0.190. The summed E-state index contributed by atoms with van der Waals surface area (Å²) in [7, 11) is 0. The van der Waals surface area contributed by atoms with Crippen molar-refractivity contribution in [1.82, 2.24) is 24.1 Å². The van der Waals surface area contributed by atoms with E-state index >= 15 is 0 Å². The van der Waals surface area contributed by atoms with Crippen molar-refractivity contribution in [1.29, 1.82) is 0 Å². The summed E-state index contributed by atoms with van der Waals surface area (Å²) < 4.78 is 10.8. The summed E-state index contributed by atoms with van der Waals surface area (Å²) in [6, 6.07) is 56.6. The zero-order valence-electron chi connectivity index (χ0n) is 27.2. The van der Waals surface area contributed by atoms with Crippen molar-refractivity contribution < 1.29 is 4.42 Å². The molecule has 0 unspecified atom stereocenters. The summed E-state index contributed by atoms with van der Waals surface area (Å²) >= 11 is 0. The van der Waals surface area contributed by atoms with Crippen molar-refractivity contribution in [3.05, 3.63) is 164 Å². The van der Waals surface area contributed by atoms with E-state index < -0.39 is 0 Å². The molecule has 0 aliphatic heterocycles. The lowest BCUT2D eigenvalue weighted by Gasteiger charge is -2.15. The third-order valence-corrected chi connectivity index (χ3v) is 10.0. The minimum atomic E-state index is 0.550. The van der Waals surface area contributed by atoms with E-state index in [1.165, 1.54) is 10.8 Å². The van der Waals surface area contributed by atoms with Crippen LogP contribution in [-0.4, -0.2) is 24.1 Å². The number of hydrogen-bond donors (Lipinski definition) is 0. The van der Waals surface area contributed by atoms with E-state index in [-0.39, 0.29) is 0 Å². The summed E-state index contributed by atoms with van der Waals surface area (Å²) in [6.07, 6.45) is 0. The van der Waals surface area contributed by atoms with Gasteiger partial charge in [-0.05, 0) is 48.5 Å². The van der Waals surface area contributed by atoms with Crippen LogP contribution in [0.2, 0.25) is 0 Å². The van der Waals surface area contributed by atoms with Gasteiger partial charge in [0, 0.05) is 43.4 Å². The van der Waals surface area contributed by atoms with Gasteiger partial charge in [-0.1, -0.05) is 115 Å². The average molecular weight is 654 g/mol. The molecule has 0 saturated carbocycles. The lowest BCUT2D eigenvalue weighted by atomic mass is 10.1. The molecular formula is C45H27N5O. The second kappa shape index (κ2) is 10.7. The normalized spacial score (nSPS) is 11.9. The molecule has 0 N–H and O–H groups in total. The largest absolute Gasteiger partial charge is 0.456 e. The Labute approximate surface area is 291 Å². The van der Waals surface area contributed by atoms with E-state index in [1.54, 1.807) is 0 Å². The predicted molar refractivity (Wildman–Crippen MR) is 207 cm³/mol. The maximum atomic E-state index is 6.32. The van der Waals surface area contributed by atoms with E-state index in [0.29, 0.717) is 17.6 Å². The lowest BCUT2D eigenvalue weighted by molar-refractivity contribution is 0.669. The van der Waals surface area contributed by atoms with Gasteiger partial charge in [-0.25, -0.2) is 4.98 Å². The molecule has 0 spiro atoms. The van der Waals surface area contributed by atoms with Crippen LogP contribution in [0.15, 0.2) is 168 Å². The number of furan rings is 1. The van der Waals surface area contributed by atoms with Gasteiger partial charge in [0.1, 0.15) is 11.2 Å². The van der Waals surface area contributed by atoms with Crippen LogP contribution in [0.1, 0.15) is 0 Å². The van der Waals surface area contributed by atoms with Crippen LogP contribution in [0, 0.1) is 0 Å². The fraction of sp³-hybridized carbons (Fsp3) is 0. The van der Waals surface area contributed by atoms with Crippen LogP contribution in [0.4, 0.5) is 0 Å².